The molecule has 1 amide bonds. The predicted octanol–water partition coefficient (Wildman–Crippen LogP) is 2.95. The summed E-state index contributed by atoms with van der Waals surface area (Å²) >= 11 is 1.56. The number of rotatable bonds is 9. The van der Waals surface area contributed by atoms with Gasteiger partial charge in [-0.1, -0.05) is 6.07 Å². The molecule has 0 aliphatic heterocycles. The first-order valence-electron chi connectivity index (χ1n) is 9.36. The van der Waals surface area contributed by atoms with E-state index in [9.17, 15) is 9.59 Å². The predicted molar refractivity (Wildman–Crippen MR) is 113 cm³/mol. The normalized spacial score (nSPS) is 11.7. The van der Waals surface area contributed by atoms with Crippen LogP contribution in [0.3, 0.4) is 0 Å². The van der Waals surface area contributed by atoms with Gasteiger partial charge in [0.15, 0.2) is 6.10 Å². The number of aromatic nitrogens is 2. The molecule has 0 bridgehead atoms. The SMILES string of the molecule is CCOc1ccc(OC(C)C(=O)NCCn2nc(-c3cccs3)ccc2=O)cc1. The summed E-state index contributed by atoms with van der Waals surface area (Å²) in [6, 6.07) is 14.2. The molecule has 7 nitrogen and oxygen atoms in total. The highest BCUT2D eigenvalue weighted by molar-refractivity contribution is 7.13. The molecule has 1 atom stereocenters. The molecule has 0 radical (unpaired) electrons. The van der Waals surface area contributed by atoms with Gasteiger partial charge < -0.3 is 14.8 Å². The van der Waals surface area contributed by atoms with Crippen LogP contribution < -0.4 is 20.3 Å². The lowest BCUT2D eigenvalue weighted by molar-refractivity contribution is -0.127. The smallest absolute Gasteiger partial charge is 0.266 e. The Bertz CT molecular complexity index is 984. The highest BCUT2D eigenvalue weighted by Crippen LogP contribution is 2.21. The lowest BCUT2D eigenvalue weighted by Crippen LogP contribution is -2.39. The topological polar surface area (TPSA) is 82.4 Å². The second-order valence-corrected chi connectivity index (χ2v) is 7.16. The summed E-state index contributed by atoms with van der Waals surface area (Å²) in [7, 11) is 0. The average Bonchev–Trinajstić information content (AvgIpc) is 3.26. The second kappa shape index (κ2) is 9.88. The summed E-state index contributed by atoms with van der Waals surface area (Å²) in [6.45, 7) is 4.73. The molecule has 1 unspecified atom stereocenters. The molecular weight excluding hydrogens is 390 g/mol. The monoisotopic (exact) mass is 413 g/mol. The molecule has 0 aliphatic rings. The minimum atomic E-state index is -0.671. The van der Waals surface area contributed by atoms with Crippen molar-refractivity contribution in [1.29, 1.82) is 0 Å². The van der Waals surface area contributed by atoms with Crippen molar-refractivity contribution in [3.05, 3.63) is 64.3 Å². The Kier molecular flexibility index (Phi) is 7.02. The van der Waals surface area contributed by atoms with Crippen LogP contribution in [0.2, 0.25) is 0 Å². The molecule has 1 N–H and O–H groups in total. The third-order valence-electron chi connectivity index (χ3n) is 4.08. The Hall–Kier alpha value is -3.13. The number of nitrogens with zero attached hydrogens (tertiary/aromatic N) is 2. The molecule has 152 valence electrons. The fourth-order valence-corrected chi connectivity index (χ4v) is 3.32. The van der Waals surface area contributed by atoms with Crippen molar-refractivity contribution in [1.82, 2.24) is 15.1 Å². The van der Waals surface area contributed by atoms with E-state index in [0.29, 0.717) is 12.4 Å². The van der Waals surface area contributed by atoms with E-state index in [-0.39, 0.29) is 24.6 Å². The van der Waals surface area contributed by atoms with Gasteiger partial charge in [-0.25, -0.2) is 4.68 Å². The minimum absolute atomic E-state index is 0.210. The maximum absolute atomic E-state index is 12.3. The van der Waals surface area contributed by atoms with Crippen LogP contribution in [-0.4, -0.2) is 34.9 Å². The van der Waals surface area contributed by atoms with Crippen molar-refractivity contribution in [2.75, 3.05) is 13.2 Å². The third-order valence-corrected chi connectivity index (χ3v) is 4.97. The van der Waals surface area contributed by atoms with Gasteiger partial charge in [0.05, 0.1) is 18.0 Å². The molecule has 3 rings (SSSR count). The zero-order chi connectivity index (χ0) is 20.6. The number of ether oxygens (including phenoxy) is 2. The minimum Gasteiger partial charge on any atom is -0.494 e. The summed E-state index contributed by atoms with van der Waals surface area (Å²) in [5.41, 5.74) is 0.524. The summed E-state index contributed by atoms with van der Waals surface area (Å²) in [4.78, 5) is 25.3. The Morgan fingerprint density at radius 1 is 1.17 bits per heavy atom. The van der Waals surface area contributed by atoms with Crippen molar-refractivity contribution in [2.45, 2.75) is 26.5 Å². The quantitative estimate of drug-likeness (QED) is 0.583. The molecule has 3 aromatic rings. The van der Waals surface area contributed by atoms with Crippen LogP contribution in [0.5, 0.6) is 11.5 Å². The van der Waals surface area contributed by atoms with Crippen LogP contribution in [-0.2, 0) is 11.3 Å². The Morgan fingerprint density at radius 2 is 1.93 bits per heavy atom. The molecule has 1 aromatic carbocycles. The fraction of sp³-hybridized carbons (Fsp3) is 0.286. The van der Waals surface area contributed by atoms with Crippen LogP contribution in [0.25, 0.3) is 10.6 Å². The van der Waals surface area contributed by atoms with Crippen molar-refractivity contribution in [3.63, 3.8) is 0 Å². The number of amides is 1. The van der Waals surface area contributed by atoms with E-state index >= 15 is 0 Å². The van der Waals surface area contributed by atoms with Gasteiger partial charge in [0.1, 0.15) is 17.2 Å². The van der Waals surface area contributed by atoms with E-state index in [1.54, 1.807) is 48.6 Å². The van der Waals surface area contributed by atoms with E-state index in [1.807, 2.05) is 24.4 Å². The first kappa shape index (κ1) is 20.6. The van der Waals surface area contributed by atoms with Gasteiger partial charge in [-0.05, 0) is 55.6 Å². The number of hydrogen-bond acceptors (Lipinski definition) is 6. The number of carbonyl (C=O) groups is 1. The van der Waals surface area contributed by atoms with Gasteiger partial charge in [0.25, 0.3) is 11.5 Å². The molecular formula is C21H23N3O4S. The van der Waals surface area contributed by atoms with Gasteiger partial charge in [-0.2, -0.15) is 5.10 Å². The molecule has 0 aliphatic carbocycles. The average molecular weight is 413 g/mol. The van der Waals surface area contributed by atoms with Crippen molar-refractivity contribution in [3.8, 4) is 22.1 Å². The first-order valence-corrected chi connectivity index (χ1v) is 10.2. The van der Waals surface area contributed by atoms with E-state index in [4.69, 9.17) is 9.47 Å². The maximum Gasteiger partial charge on any atom is 0.266 e. The van der Waals surface area contributed by atoms with Gasteiger partial charge in [-0.15, -0.1) is 11.3 Å². The fourth-order valence-electron chi connectivity index (χ4n) is 2.63. The number of thiophene rings is 1. The van der Waals surface area contributed by atoms with E-state index < -0.39 is 6.10 Å². The molecule has 0 saturated heterocycles. The van der Waals surface area contributed by atoms with Crippen molar-refractivity contribution < 1.29 is 14.3 Å². The van der Waals surface area contributed by atoms with Crippen LogP contribution in [0, 0.1) is 0 Å². The summed E-state index contributed by atoms with van der Waals surface area (Å²) in [5, 5.41) is 9.10. The van der Waals surface area contributed by atoms with Crippen LogP contribution in [0.1, 0.15) is 13.8 Å². The zero-order valence-corrected chi connectivity index (χ0v) is 17.1. The van der Waals surface area contributed by atoms with Crippen LogP contribution in [0.15, 0.2) is 58.7 Å². The highest BCUT2D eigenvalue weighted by atomic mass is 32.1. The Balaban J connectivity index is 1.51. The summed E-state index contributed by atoms with van der Waals surface area (Å²) < 4.78 is 12.4. The Labute approximate surface area is 172 Å². The molecule has 29 heavy (non-hydrogen) atoms. The zero-order valence-electron chi connectivity index (χ0n) is 16.3. The van der Waals surface area contributed by atoms with Crippen LogP contribution >= 0.6 is 11.3 Å². The molecule has 0 spiro atoms. The standard InChI is InChI=1S/C21H23N3O4S/c1-3-27-16-6-8-17(9-7-16)28-15(2)21(26)22-12-13-24-20(25)11-10-18(23-24)19-5-4-14-29-19/h4-11,14-15H,3,12-13H2,1-2H3,(H,22,26). The first-order chi connectivity index (χ1) is 14.1. The van der Waals surface area contributed by atoms with Crippen molar-refractivity contribution >= 4 is 17.2 Å². The molecule has 0 saturated carbocycles. The second-order valence-electron chi connectivity index (χ2n) is 6.21. The largest absolute Gasteiger partial charge is 0.494 e. The Morgan fingerprint density at radius 3 is 2.62 bits per heavy atom. The van der Waals surface area contributed by atoms with E-state index in [2.05, 4.69) is 10.4 Å². The lowest BCUT2D eigenvalue weighted by atomic mass is 10.3. The van der Waals surface area contributed by atoms with E-state index in [1.165, 1.54) is 10.7 Å². The maximum atomic E-state index is 12.3. The molecule has 2 aromatic heterocycles. The number of hydrogen-bond donors (Lipinski definition) is 1. The number of carbonyl (C=O) groups excluding carboxylic acids is 1. The van der Waals surface area contributed by atoms with Gasteiger partial charge in [-0.3, -0.25) is 9.59 Å². The van der Waals surface area contributed by atoms with Crippen LogP contribution in [0.4, 0.5) is 0 Å². The van der Waals surface area contributed by atoms with Gasteiger partial charge in [0, 0.05) is 12.6 Å². The molecule has 0 fully saturated rings. The van der Waals surface area contributed by atoms with Gasteiger partial charge >= 0.3 is 0 Å². The summed E-state index contributed by atoms with van der Waals surface area (Å²) in [5.74, 6) is 1.07. The molecule has 8 heteroatoms. The highest BCUT2D eigenvalue weighted by Gasteiger charge is 2.14. The third kappa shape index (κ3) is 5.68. The van der Waals surface area contributed by atoms with E-state index in [0.717, 1.165) is 16.3 Å². The van der Waals surface area contributed by atoms with Gasteiger partial charge in [0.2, 0.25) is 0 Å². The van der Waals surface area contributed by atoms with Crippen molar-refractivity contribution in [2.24, 2.45) is 0 Å². The summed E-state index contributed by atoms with van der Waals surface area (Å²) in [6.07, 6.45) is -0.671. The number of nitrogens with one attached hydrogen (secondary N) is 1. The lowest BCUT2D eigenvalue weighted by Gasteiger charge is -2.15. The number of benzene rings is 1. The molecule has 2 heterocycles.